The molecular weight excluding hydrogens is 476 g/mol. The first kappa shape index (κ1) is 19.3. The lowest BCUT2D eigenvalue weighted by atomic mass is 10.2. The van der Waals surface area contributed by atoms with E-state index in [0.717, 1.165) is 20.2 Å². The third-order valence-electron chi connectivity index (χ3n) is 3.80. The molecule has 1 heterocycles. The van der Waals surface area contributed by atoms with Crippen LogP contribution in [0.4, 0.5) is 5.69 Å². The molecule has 0 bridgehead atoms. The van der Waals surface area contributed by atoms with Crippen LogP contribution in [0.25, 0.3) is 5.69 Å². The second kappa shape index (κ2) is 8.49. The summed E-state index contributed by atoms with van der Waals surface area (Å²) in [5.74, 6) is -0.619. The number of halogens is 2. The molecule has 2 amide bonds. The first-order valence-electron chi connectivity index (χ1n) is 8.07. The summed E-state index contributed by atoms with van der Waals surface area (Å²) in [6, 6.07) is 12.6. The lowest BCUT2D eigenvalue weighted by Gasteiger charge is -2.10. The molecule has 0 radical (unpaired) electrons. The third-order valence-corrected chi connectivity index (χ3v) is 4.70. The number of nitrogens with one attached hydrogen (secondary N) is 2. The Morgan fingerprint density at radius 2 is 1.93 bits per heavy atom. The van der Waals surface area contributed by atoms with Gasteiger partial charge in [-0.05, 0) is 64.8 Å². The van der Waals surface area contributed by atoms with Crippen molar-refractivity contribution in [3.8, 4) is 5.69 Å². The van der Waals surface area contributed by atoms with Crippen LogP contribution in [0.3, 0.4) is 0 Å². The zero-order valence-electron chi connectivity index (χ0n) is 14.4. The zero-order chi connectivity index (χ0) is 19.4. The van der Waals surface area contributed by atoms with Gasteiger partial charge in [0.1, 0.15) is 0 Å². The molecule has 27 heavy (non-hydrogen) atoms. The molecule has 0 aliphatic heterocycles. The van der Waals surface area contributed by atoms with Crippen molar-refractivity contribution in [2.45, 2.75) is 6.92 Å². The van der Waals surface area contributed by atoms with Gasteiger partial charge in [0.2, 0.25) is 5.91 Å². The monoisotopic (exact) mass is 490 g/mol. The number of hydrogen-bond donors (Lipinski definition) is 2. The highest BCUT2D eigenvalue weighted by Gasteiger charge is 2.11. The highest BCUT2D eigenvalue weighted by Crippen LogP contribution is 2.20. The van der Waals surface area contributed by atoms with Crippen LogP contribution in [0, 0.1) is 6.92 Å². The molecule has 0 saturated heterocycles. The summed E-state index contributed by atoms with van der Waals surface area (Å²) in [5.41, 5.74) is 2.85. The minimum absolute atomic E-state index is 0.119. The Morgan fingerprint density at radius 3 is 2.63 bits per heavy atom. The topological polar surface area (TPSA) is 76.0 Å². The van der Waals surface area contributed by atoms with Crippen molar-refractivity contribution in [3.05, 3.63) is 74.9 Å². The molecule has 3 rings (SSSR count). The van der Waals surface area contributed by atoms with Crippen LogP contribution < -0.4 is 10.6 Å². The van der Waals surface area contributed by atoms with E-state index < -0.39 is 0 Å². The van der Waals surface area contributed by atoms with Crippen molar-refractivity contribution in [3.63, 3.8) is 0 Å². The van der Waals surface area contributed by atoms with E-state index in [1.54, 1.807) is 35.3 Å². The van der Waals surface area contributed by atoms with E-state index in [4.69, 9.17) is 0 Å². The molecule has 8 heteroatoms. The van der Waals surface area contributed by atoms with Crippen LogP contribution in [0.5, 0.6) is 0 Å². The van der Waals surface area contributed by atoms with Crippen molar-refractivity contribution in [1.29, 1.82) is 0 Å². The summed E-state index contributed by atoms with van der Waals surface area (Å²) in [4.78, 5) is 24.5. The van der Waals surface area contributed by atoms with Gasteiger partial charge in [-0.3, -0.25) is 9.59 Å². The summed E-state index contributed by atoms with van der Waals surface area (Å²) in [6.07, 6.45) is 3.46. The predicted molar refractivity (Wildman–Crippen MR) is 111 cm³/mol. The Morgan fingerprint density at radius 1 is 1.11 bits per heavy atom. The quantitative estimate of drug-likeness (QED) is 0.564. The summed E-state index contributed by atoms with van der Waals surface area (Å²) in [7, 11) is 0. The lowest BCUT2D eigenvalue weighted by Crippen LogP contribution is -2.33. The Labute approximate surface area is 173 Å². The minimum atomic E-state index is -0.328. The fraction of sp³-hybridized carbons (Fsp3) is 0.105. The van der Waals surface area contributed by atoms with Crippen molar-refractivity contribution < 1.29 is 9.59 Å². The molecule has 0 unspecified atom stereocenters. The van der Waals surface area contributed by atoms with E-state index in [1.807, 2.05) is 31.2 Å². The number of carbonyl (C=O) groups excluding carboxylic acids is 2. The standard InChI is InChI=1S/C19H16Br2N4O2/c1-12-7-14(20)5-6-17(12)24-18(26)10-22-19(27)13-3-2-4-16(8-13)25-11-15(21)9-23-25/h2-9,11H,10H2,1H3,(H,22,27)(H,24,26). The average molecular weight is 492 g/mol. The number of anilines is 1. The van der Waals surface area contributed by atoms with Crippen LogP contribution in [-0.2, 0) is 4.79 Å². The van der Waals surface area contributed by atoms with E-state index in [-0.39, 0.29) is 18.4 Å². The highest BCUT2D eigenvalue weighted by molar-refractivity contribution is 9.10. The van der Waals surface area contributed by atoms with Crippen LogP contribution in [0.2, 0.25) is 0 Å². The molecule has 1 aromatic heterocycles. The highest BCUT2D eigenvalue weighted by atomic mass is 79.9. The Bertz CT molecular complexity index is 1000. The first-order valence-corrected chi connectivity index (χ1v) is 9.66. The van der Waals surface area contributed by atoms with Crippen molar-refractivity contribution in [2.24, 2.45) is 0 Å². The van der Waals surface area contributed by atoms with Gasteiger partial charge in [-0.2, -0.15) is 5.10 Å². The van der Waals surface area contributed by atoms with Gasteiger partial charge in [0, 0.05) is 21.9 Å². The molecule has 0 atom stereocenters. The maximum absolute atomic E-state index is 12.4. The first-order chi connectivity index (χ1) is 12.9. The molecule has 0 fully saturated rings. The van der Waals surface area contributed by atoms with Crippen LogP contribution in [-0.4, -0.2) is 28.1 Å². The maximum atomic E-state index is 12.4. The van der Waals surface area contributed by atoms with Gasteiger partial charge in [0.15, 0.2) is 0 Å². The molecule has 138 valence electrons. The van der Waals surface area contributed by atoms with Gasteiger partial charge in [-0.1, -0.05) is 22.0 Å². The zero-order valence-corrected chi connectivity index (χ0v) is 17.5. The van der Waals surface area contributed by atoms with E-state index in [2.05, 4.69) is 47.6 Å². The van der Waals surface area contributed by atoms with Crippen LogP contribution in [0.1, 0.15) is 15.9 Å². The predicted octanol–water partition coefficient (Wildman–Crippen LogP) is 4.07. The normalized spacial score (nSPS) is 10.5. The van der Waals surface area contributed by atoms with E-state index in [9.17, 15) is 9.59 Å². The van der Waals surface area contributed by atoms with Gasteiger partial charge in [0.05, 0.1) is 22.9 Å². The Balaban J connectivity index is 1.61. The summed E-state index contributed by atoms with van der Waals surface area (Å²) >= 11 is 6.73. The molecule has 0 aliphatic rings. The molecule has 2 aromatic carbocycles. The molecule has 0 spiro atoms. The van der Waals surface area contributed by atoms with E-state index in [1.165, 1.54) is 0 Å². The van der Waals surface area contributed by atoms with Crippen LogP contribution in [0.15, 0.2) is 63.8 Å². The van der Waals surface area contributed by atoms with Gasteiger partial charge in [-0.15, -0.1) is 0 Å². The summed E-state index contributed by atoms with van der Waals surface area (Å²) < 4.78 is 3.44. The summed E-state index contributed by atoms with van der Waals surface area (Å²) in [5, 5.41) is 9.62. The molecular formula is C19H16Br2N4O2. The van der Waals surface area contributed by atoms with E-state index in [0.29, 0.717) is 11.3 Å². The number of nitrogens with zero attached hydrogens (tertiary/aromatic N) is 2. The van der Waals surface area contributed by atoms with Crippen molar-refractivity contribution in [2.75, 3.05) is 11.9 Å². The van der Waals surface area contributed by atoms with Gasteiger partial charge < -0.3 is 10.6 Å². The number of amides is 2. The number of rotatable bonds is 5. The smallest absolute Gasteiger partial charge is 0.251 e. The lowest BCUT2D eigenvalue weighted by molar-refractivity contribution is -0.115. The largest absolute Gasteiger partial charge is 0.343 e. The van der Waals surface area contributed by atoms with Gasteiger partial charge >= 0.3 is 0 Å². The fourth-order valence-corrected chi connectivity index (χ4v) is 3.22. The molecule has 2 N–H and O–H groups in total. The molecule has 6 nitrogen and oxygen atoms in total. The SMILES string of the molecule is Cc1cc(Br)ccc1NC(=O)CNC(=O)c1cccc(-n2cc(Br)cn2)c1. The van der Waals surface area contributed by atoms with Gasteiger partial charge in [-0.25, -0.2) is 4.68 Å². The molecule has 0 aliphatic carbocycles. The molecule has 3 aromatic rings. The van der Waals surface area contributed by atoms with Crippen molar-refractivity contribution >= 4 is 49.4 Å². The minimum Gasteiger partial charge on any atom is -0.343 e. The van der Waals surface area contributed by atoms with Crippen LogP contribution >= 0.6 is 31.9 Å². The Kier molecular flexibility index (Phi) is 6.08. The molecule has 0 saturated carbocycles. The average Bonchev–Trinajstić information content (AvgIpc) is 3.08. The Hall–Kier alpha value is -2.45. The second-order valence-electron chi connectivity index (χ2n) is 5.84. The third kappa shape index (κ3) is 5.05. The summed E-state index contributed by atoms with van der Waals surface area (Å²) in [6.45, 7) is 1.78. The van der Waals surface area contributed by atoms with Gasteiger partial charge in [0.25, 0.3) is 5.91 Å². The fourth-order valence-electron chi connectivity index (χ4n) is 2.46. The number of hydrogen-bond acceptors (Lipinski definition) is 3. The number of aryl methyl sites for hydroxylation is 1. The van der Waals surface area contributed by atoms with Crippen molar-refractivity contribution in [1.82, 2.24) is 15.1 Å². The van der Waals surface area contributed by atoms with E-state index >= 15 is 0 Å². The second-order valence-corrected chi connectivity index (χ2v) is 7.67. The number of benzene rings is 2. The number of aromatic nitrogens is 2. The maximum Gasteiger partial charge on any atom is 0.251 e. The number of carbonyl (C=O) groups is 2.